The number of hydrogen-bond acceptors (Lipinski definition) is 4. The number of fused-ring (bicyclic) bond motifs is 1. The molecule has 0 aromatic rings. The van der Waals surface area contributed by atoms with Crippen LogP contribution in [-0.2, 0) is 0 Å². The van der Waals surface area contributed by atoms with Crippen LogP contribution in [0.5, 0.6) is 0 Å². The third kappa shape index (κ3) is 2.48. The first-order valence-electron chi connectivity index (χ1n) is 10.8. The van der Waals surface area contributed by atoms with E-state index < -0.39 is 0 Å². The number of piperidine rings is 1. The lowest BCUT2D eigenvalue weighted by atomic mass is 9.51. The van der Waals surface area contributed by atoms with Crippen LogP contribution in [0.15, 0.2) is 11.1 Å². The summed E-state index contributed by atoms with van der Waals surface area (Å²) in [5.74, 6) is 1.37. The van der Waals surface area contributed by atoms with Gasteiger partial charge in [0, 0.05) is 37.1 Å². The smallest absolute Gasteiger partial charge is 0.0537 e. The fourth-order valence-electron chi connectivity index (χ4n) is 7.58. The van der Waals surface area contributed by atoms with Crippen molar-refractivity contribution in [2.45, 2.75) is 64.4 Å². The van der Waals surface area contributed by atoms with Crippen LogP contribution in [0.1, 0.15) is 58.3 Å². The van der Waals surface area contributed by atoms with Crippen molar-refractivity contribution in [3.8, 4) is 0 Å². The quantitative estimate of drug-likeness (QED) is 0.635. The summed E-state index contributed by atoms with van der Waals surface area (Å²) >= 11 is 0. The van der Waals surface area contributed by atoms with Crippen LogP contribution in [0.3, 0.4) is 0 Å². The monoisotopic (exact) mass is 363 g/mol. The second-order valence-electron chi connectivity index (χ2n) is 9.74. The van der Waals surface area contributed by atoms with Gasteiger partial charge >= 0.3 is 0 Å². The van der Waals surface area contributed by atoms with Gasteiger partial charge in [0.15, 0.2) is 0 Å². The van der Waals surface area contributed by atoms with E-state index in [1.165, 1.54) is 25.7 Å². The minimum atomic E-state index is -0.264. The van der Waals surface area contributed by atoms with Crippen LogP contribution in [0.2, 0.25) is 0 Å². The van der Waals surface area contributed by atoms with Crippen molar-refractivity contribution in [2.24, 2.45) is 28.6 Å². The molecule has 2 fully saturated rings. The Kier molecular flexibility index (Phi) is 5.00. The Hall–Kier alpha value is -0.420. The van der Waals surface area contributed by atoms with Gasteiger partial charge in [-0.2, -0.15) is 0 Å². The molecule has 3 N–H and O–H groups in total. The fourth-order valence-corrected chi connectivity index (χ4v) is 7.58. The lowest BCUT2D eigenvalue weighted by Crippen LogP contribution is -2.61. The van der Waals surface area contributed by atoms with Crippen LogP contribution in [-0.4, -0.2) is 59.7 Å². The summed E-state index contributed by atoms with van der Waals surface area (Å²) < 4.78 is 0. The summed E-state index contributed by atoms with van der Waals surface area (Å²) in [6, 6.07) is 0. The van der Waals surface area contributed by atoms with Crippen LogP contribution in [0, 0.1) is 28.6 Å². The highest BCUT2D eigenvalue weighted by molar-refractivity contribution is 5.40. The highest BCUT2D eigenvalue weighted by Crippen LogP contribution is 2.70. The first-order chi connectivity index (χ1) is 12.5. The van der Waals surface area contributed by atoms with Gasteiger partial charge in [0.05, 0.1) is 6.10 Å². The summed E-state index contributed by atoms with van der Waals surface area (Å²) in [4.78, 5) is 2.49. The summed E-state index contributed by atoms with van der Waals surface area (Å²) in [6.45, 7) is 4.61. The van der Waals surface area contributed by atoms with Crippen molar-refractivity contribution in [1.82, 2.24) is 4.90 Å². The van der Waals surface area contributed by atoms with E-state index in [9.17, 15) is 15.3 Å². The Morgan fingerprint density at radius 1 is 1.23 bits per heavy atom. The molecule has 1 spiro atoms. The number of aliphatic hydroxyl groups excluding tert-OH is 3. The summed E-state index contributed by atoms with van der Waals surface area (Å²) in [5.41, 5.74) is 3.19. The average Bonchev–Trinajstić information content (AvgIpc) is 3.17. The highest BCUT2D eigenvalue weighted by Gasteiger charge is 2.66. The Morgan fingerprint density at radius 2 is 2.00 bits per heavy atom. The van der Waals surface area contributed by atoms with Gasteiger partial charge in [0.25, 0.3) is 0 Å². The number of nitrogens with zero attached hydrogens (tertiary/aromatic N) is 1. The molecule has 1 aliphatic heterocycles. The first kappa shape index (κ1) is 18.9. The molecule has 0 aromatic carbocycles. The van der Waals surface area contributed by atoms with E-state index in [1.807, 2.05) is 6.92 Å². The maximum atomic E-state index is 10.9. The molecular formula is C22H37NO3. The van der Waals surface area contributed by atoms with Gasteiger partial charge < -0.3 is 20.2 Å². The van der Waals surface area contributed by atoms with Gasteiger partial charge in [-0.25, -0.2) is 0 Å². The Balaban J connectivity index is 1.82. The normalized spacial score (nSPS) is 43.5. The largest absolute Gasteiger partial charge is 0.396 e. The van der Waals surface area contributed by atoms with Gasteiger partial charge in [-0.15, -0.1) is 0 Å². The van der Waals surface area contributed by atoms with Crippen LogP contribution in [0.4, 0.5) is 0 Å². The lowest BCUT2D eigenvalue weighted by molar-refractivity contribution is -0.114. The standard InChI is InChI=1S/C22H37NO3/c1-3-18(26)8-9-21(14-25)17-6-4-15-5-7-19-16(12-24)10-22(21,20(15)19)13-23(2)11-17/h16-19,24-26H,3-14H2,1-2H3/t16-,17+,18+,19+,21+,22+/m1/s1. The van der Waals surface area contributed by atoms with E-state index in [0.29, 0.717) is 17.8 Å². The van der Waals surface area contributed by atoms with Crippen molar-refractivity contribution in [3.63, 3.8) is 0 Å². The van der Waals surface area contributed by atoms with Crippen molar-refractivity contribution in [2.75, 3.05) is 33.4 Å². The molecule has 1 saturated heterocycles. The Morgan fingerprint density at radius 3 is 2.69 bits per heavy atom. The number of hydrogen-bond donors (Lipinski definition) is 3. The topological polar surface area (TPSA) is 63.9 Å². The molecule has 1 saturated carbocycles. The molecule has 26 heavy (non-hydrogen) atoms. The van der Waals surface area contributed by atoms with Gasteiger partial charge in [-0.3, -0.25) is 0 Å². The molecular weight excluding hydrogens is 326 g/mol. The molecule has 4 aliphatic rings. The molecule has 0 unspecified atom stereocenters. The molecule has 0 aromatic heterocycles. The van der Waals surface area contributed by atoms with E-state index >= 15 is 0 Å². The maximum absolute atomic E-state index is 10.9. The second kappa shape index (κ2) is 6.88. The zero-order chi connectivity index (χ0) is 18.5. The van der Waals surface area contributed by atoms with Gasteiger partial charge in [-0.1, -0.05) is 18.1 Å². The Labute approximate surface area is 158 Å². The number of likely N-dealkylation sites (tertiary alicyclic amines) is 1. The summed E-state index contributed by atoms with van der Waals surface area (Å²) in [6.07, 6.45) is 8.01. The molecule has 0 radical (unpaired) electrons. The van der Waals surface area contributed by atoms with E-state index in [-0.39, 0.29) is 30.1 Å². The molecule has 2 bridgehead atoms. The van der Waals surface area contributed by atoms with Gasteiger partial charge in [-0.05, 0) is 76.2 Å². The third-order valence-corrected chi connectivity index (χ3v) is 8.72. The highest BCUT2D eigenvalue weighted by atomic mass is 16.3. The van der Waals surface area contributed by atoms with E-state index in [0.717, 1.165) is 38.8 Å². The number of aliphatic hydroxyl groups is 3. The molecule has 3 aliphatic carbocycles. The number of rotatable bonds is 6. The maximum Gasteiger partial charge on any atom is 0.0537 e. The van der Waals surface area contributed by atoms with Crippen molar-refractivity contribution < 1.29 is 15.3 Å². The average molecular weight is 364 g/mol. The minimum absolute atomic E-state index is 0.00722. The van der Waals surface area contributed by atoms with Crippen LogP contribution in [0.25, 0.3) is 0 Å². The van der Waals surface area contributed by atoms with E-state index in [2.05, 4.69) is 11.9 Å². The molecule has 6 atom stereocenters. The zero-order valence-electron chi connectivity index (χ0n) is 16.6. The molecule has 148 valence electrons. The minimum Gasteiger partial charge on any atom is -0.396 e. The molecule has 1 heterocycles. The third-order valence-electron chi connectivity index (χ3n) is 8.72. The van der Waals surface area contributed by atoms with E-state index in [1.54, 1.807) is 11.1 Å². The zero-order valence-corrected chi connectivity index (χ0v) is 16.6. The molecule has 4 nitrogen and oxygen atoms in total. The van der Waals surface area contributed by atoms with Gasteiger partial charge in [0.1, 0.15) is 0 Å². The second-order valence-corrected chi connectivity index (χ2v) is 9.74. The number of allylic oxidation sites excluding steroid dienone is 1. The van der Waals surface area contributed by atoms with Crippen LogP contribution >= 0.6 is 0 Å². The first-order valence-corrected chi connectivity index (χ1v) is 10.8. The summed E-state index contributed by atoms with van der Waals surface area (Å²) in [5, 5.41) is 31.3. The van der Waals surface area contributed by atoms with Crippen molar-refractivity contribution in [1.29, 1.82) is 0 Å². The SMILES string of the molecule is CC[C@H](O)CC[C@]1(CO)[C@H]2CCC3=C4[C@@H](CC3)[C@@H](CO)C[C@]41CN(C)C2. The summed E-state index contributed by atoms with van der Waals surface area (Å²) in [7, 11) is 2.23. The van der Waals surface area contributed by atoms with Gasteiger partial charge in [0.2, 0.25) is 0 Å². The molecule has 4 rings (SSSR count). The predicted octanol–water partition coefficient (Wildman–Crippen LogP) is 2.58. The lowest BCUT2D eigenvalue weighted by Gasteiger charge is -2.59. The van der Waals surface area contributed by atoms with Crippen molar-refractivity contribution >= 4 is 0 Å². The molecule has 4 heteroatoms. The predicted molar refractivity (Wildman–Crippen MR) is 103 cm³/mol. The Bertz CT molecular complexity index is 576. The fraction of sp³-hybridized carbons (Fsp3) is 0.909. The van der Waals surface area contributed by atoms with Crippen LogP contribution < -0.4 is 0 Å². The van der Waals surface area contributed by atoms with Crippen molar-refractivity contribution in [3.05, 3.63) is 11.1 Å². The van der Waals surface area contributed by atoms with E-state index in [4.69, 9.17) is 0 Å². The molecule has 0 amide bonds.